The minimum Gasteiger partial charge on any atom is -0.321 e. The van der Waals surface area contributed by atoms with Gasteiger partial charge in [-0.15, -0.1) is 0 Å². The van der Waals surface area contributed by atoms with Crippen molar-refractivity contribution in [2.45, 2.75) is 32.1 Å². The average Bonchev–Trinajstić information content (AvgIpc) is 2.87. The quantitative estimate of drug-likeness (QED) is 0.840. The van der Waals surface area contributed by atoms with Crippen molar-refractivity contribution in [2.75, 3.05) is 5.32 Å². The van der Waals surface area contributed by atoms with Crippen molar-refractivity contribution in [1.29, 1.82) is 0 Å². The van der Waals surface area contributed by atoms with Gasteiger partial charge in [0.2, 0.25) is 5.91 Å². The normalized spacial score (nSPS) is 17.5. The minimum absolute atomic E-state index is 0.144. The van der Waals surface area contributed by atoms with Gasteiger partial charge in [0.1, 0.15) is 5.71 Å². The Bertz CT molecular complexity index is 578. The van der Waals surface area contributed by atoms with E-state index < -0.39 is 0 Å². The monoisotopic (exact) mass is 257 g/mol. The highest BCUT2D eigenvalue weighted by Gasteiger charge is 2.19. The lowest BCUT2D eigenvalue weighted by Crippen LogP contribution is -2.32. The van der Waals surface area contributed by atoms with Gasteiger partial charge < -0.3 is 5.32 Å². The van der Waals surface area contributed by atoms with Crippen LogP contribution in [-0.4, -0.2) is 17.5 Å². The second kappa shape index (κ2) is 4.84. The molecule has 1 aliphatic carbocycles. The maximum absolute atomic E-state index is 12.0. The molecule has 19 heavy (non-hydrogen) atoms. The summed E-state index contributed by atoms with van der Waals surface area (Å²) in [5, 5.41) is 6.62. The summed E-state index contributed by atoms with van der Waals surface area (Å²) in [6.45, 7) is 0. The molecule has 0 spiro atoms. The van der Waals surface area contributed by atoms with Crippen LogP contribution in [0.5, 0.6) is 0 Å². The molecule has 2 aliphatic rings. The molecule has 0 radical (unpaired) electrons. The Morgan fingerprint density at radius 1 is 1.16 bits per heavy atom. The maximum atomic E-state index is 12.0. The summed E-state index contributed by atoms with van der Waals surface area (Å²) in [7, 11) is 0. The van der Waals surface area contributed by atoms with Crippen LogP contribution in [0, 0.1) is 0 Å². The fourth-order valence-electron chi connectivity index (χ4n) is 2.49. The number of aryl methyl sites for hydroxylation is 2. The first kappa shape index (κ1) is 11.9. The van der Waals surface area contributed by atoms with Crippen LogP contribution in [0.25, 0.3) is 0 Å². The number of anilines is 1. The van der Waals surface area contributed by atoms with E-state index in [-0.39, 0.29) is 11.8 Å². The predicted molar refractivity (Wildman–Crippen MR) is 71.9 cm³/mol. The molecule has 0 saturated heterocycles. The summed E-state index contributed by atoms with van der Waals surface area (Å²) in [5.74, 6) is -0.382. The number of carbonyl (C=O) groups excluding carboxylic acids is 2. The Labute approximate surface area is 111 Å². The van der Waals surface area contributed by atoms with Gasteiger partial charge in [0.05, 0.1) is 0 Å². The molecule has 5 heteroatoms. The highest BCUT2D eigenvalue weighted by atomic mass is 16.2. The second-order valence-corrected chi connectivity index (χ2v) is 4.88. The molecule has 0 aromatic heterocycles. The van der Waals surface area contributed by atoms with E-state index in [2.05, 4.69) is 21.9 Å². The first-order valence-corrected chi connectivity index (χ1v) is 6.51. The number of hydrogen-bond donors (Lipinski definition) is 2. The van der Waals surface area contributed by atoms with Gasteiger partial charge in [0.25, 0.3) is 5.91 Å². The molecule has 2 N–H and O–H groups in total. The third-order valence-corrected chi connectivity index (χ3v) is 3.52. The van der Waals surface area contributed by atoms with Crippen molar-refractivity contribution in [2.24, 2.45) is 5.10 Å². The van der Waals surface area contributed by atoms with Crippen molar-refractivity contribution in [3.8, 4) is 0 Å². The smallest absolute Gasteiger partial charge is 0.271 e. The van der Waals surface area contributed by atoms with Crippen LogP contribution < -0.4 is 10.7 Å². The van der Waals surface area contributed by atoms with Crippen LogP contribution in [0.4, 0.5) is 5.69 Å². The van der Waals surface area contributed by atoms with Gasteiger partial charge in [0, 0.05) is 18.5 Å². The zero-order valence-corrected chi connectivity index (χ0v) is 10.5. The van der Waals surface area contributed by atoms with Gasteiger partial charge >= 0.3 is 0 Å². The van der Waals surface area contributed by atoms with Crippen LogP contribution in [0.15, 0.2) is 23.3 Å². The van der Waals surface area contributed by atoms with Gasteiger partial charge in [-0.3, -0.25) is 9.59 Å². The zero-order valence-electron chi connectivity index (χ0n) is 10.5. The molecule has 0 atom stereocenters. The summed E-state index contributed by atoms with van der Waals surface area (Å²) in [6, 6.07) is 6.02. The Kier molecular flexibility index (Phi) is 3.03. The van der Waals surface area contributed by atoms with E-state index in [0.29, 0.717) is 18.6 Å². The fraction of sp³-hybridized carbons (Fsp3) is 0.357. The molecular formula is C14H15N3O2. The largest absolute Gasteiger partial charge is 0.321 e. The highest BCUT2D eigenvalue weighted by Crippen LogP contribution is 2.24. The standard InChI is InChI=1S/C14H15N3O2/c18-13-7-6-12(16-17-13)14(19)15-11-5-4-9-2-1-3-10(9)8-11/h4-5,8H,1-3,6-7H2,(H,15,19)(H,17,18). The Morgan fingerprint density at radius 3 is 2.79 bits per heavy atom. The van der Waals surface area contributed by atoms with E-state index in [1.807, 2.05) is 12.1 Å². The van der Waals surface area contributed by atoms with Crippen molar-refractivity contribution in [3.63, 3.8) is 0 Å². The number of rotatable bonds is 2. The summed E-state index contributed by atoms with van der Waals surface area (Å²) >= 11 is 0. The molecule has 0 fully saturated rings. The number of hydrazone groups is 1. The van der Waals surface area contributed by atoms with Gasteiger partial charge in [-0.2, -0.15) is 5.10 Å². The molecule has 3 rings (SSSR count). The molecule has 2 amide bonds. The van der Waals surface area contributed by atoms with Crippen molar-refractivity contribution < 1.29 is 9.59 Å². The van der Waals surface area contributed by atoms with Crippen molar-refractivity contribution >= 4 is 23.2 Å². The molecule has 5 nitrogen and oxygen atoms in total. The number of benzene rings is 1. The van der Waals surface area contributed by atoms with E-state index in [0.717, 1.165) is 18.5 Å². The highest BCUT2D eigenvalue weighted by molar-refractivity contribution is 6.43. The lowest BCUT2D eigenvalue weighted by molar-refractivity contribution is -0.121. The summed E-state index contributed by atoms with van der Waals surface area (Å²) in [5.41, 5.74) is 6.19. The lowest BCUT2D eigenvalue weighted by Gasteiger charge is -2.12. The molecule has 1 aromatic carbocycles. The number of amides is 2. The van der Waals surface area contributed by atoms with Crippen LogP contribution in [0.3, 0.4) is 0 Å². The van der Waals surface area contributed by atoms with E-state index >= 15 is 0 Å². The second-order valence-electron chi connectivity index (χ2n) is 4.88. The molecular weight excluding hydrogens is 242 g/mol. The molecule has 98 valence electrons. The number of nitrogens with zero attached hydrogens (tertiary/aromatic N) is 1. The van der Waals surface area contributed by atoms with Crippen molar-refractivity contribution in [3.05, 3.63) is 29.3 Å². The number of nitrogens with one attached hydrogen (secondary N) is 2. The first-order valence-electron chi connectivity index (χ1n) is 6.51. The van der Waals surface area contributed by atoms with E-state index in [1.165, 1.54) is 17.5 Å². The Morgan fingerprint density at radius 2 is 2.00 bits per heavy atom. The molecule has 1 heterocycles. The third kappa shape index (κ3) is 2.50. The van der Waals surface area contributed by atoms with Crippen LogP contribution in [0.2, 0.25) is 0 Å². The number of carbonyl (C=O) groups is 2. The van der Waals surface area contributed by atoms with Gasteiger partial charge in [-0.05, 0) is 42.5 Å². The van der Waals surface area contributed by atoms with Gasteiger partial charge in [-0.25, -0.2) is 5.43 Å². The van der Waals surface area contributed by atoms with Crippen LogP contribution in [0.1, 0.15) is 30.4 Å². The summed E-state index contributed by atoms with van der Waals surface area (Å²) in [4.78, 5) is 22.9. The number of hydrogen-bond acceptors (Lipinski definition) is 3. The Balaban J connectivity index is 1.71. The molecule has 1 aromatic rings. The molecule has 0 bridgehead atoms. The molecule has 0 saturated carbocycles. The summed E-state index contributed by atoms with van der Waals surface area (Å²) in [6.07, 6.45) is 4.10. The lowest BCUT2D eigenvalue weighted by atomic mass is 10.1. The maximum Gasteiger partial charge on any atom is 0.271 e. The Hall–Kier alpha value is -2.17. The zero-order chi connectivity index (χ0) is 13.2. The van der Waals surface area contributed by atoms with Crippen molar-refractivity contribution in [1.82, 2.24) is 5.43 Å². The van der Waals surface area contributed by atoms with Crippen LogP contribution >= 0.6 is 0 Å². The molecule has 0 unspecified atom stereocenters. The third-order valence-electron chi connectivity index (χ3n) is 3.52. The summed E-state index contributed by atoms with van der Waals surface area (Å²) < 4.78 is 0. The van der Waals surface area contributed by atoms with E-state index in [4.69, 9.17) is 0 Å². The first-order chi connectivity index (χ1) is 9.22. The number of fused-ring (bicyclic) bond motifs is 1. The molecule has 1 aliphatic heterocycles. The average molecular weight is 257 g/mol. The SMILES string of the molecule is O=C1CCC(C(=O)Nc2ccc3c(c2)CCC3)=NN1. The van der Waals surface area contributed by atoms with Gasteiger partial charge in [-0.1, -0.05) is 6.07 Å². The van der Waals surface area contributed by atoms with Gasteiger partial charge in [0.15, 0.2) is 0 Å². The topological polar surface area (TPSA) is 70.6 Å². The van der Waals surface area contributed by atoms with Crippen LogP contribution in [-0.2, 0) is 22.4 Å². The fourth-order valence-corrected chi connectivity index (χ4v) is 2.49. The predicted octanol–water partition coefficient (Wildman–Crippen LogP) is 1.38. The van der Waals surface area contributed by atoms with E-state index in [1.54, 1.807) is 0 Å². The minimum atomic E-state index is -0.238. The van der Waals surface area contributed by atoms with E-state index in [9.17, 15) is 9.59 Å².